The van der Waals surface area contributed by atoms with Gasteiger partial charge in [0.1, 0.15) is 0 Å². The lowest BCUT2D eigenvalue weighted by atomic mass is 10.1. The van der Waals surface area contributed by atoms with E-state index in [4.69, 9.17) is 5.73 Å². The Morgan fingerprint density at radius 1 is 0.882 bits per heavy atom. The monoisotopic (exact) mass is 242 g/mol. The molecule has 17 heavy (non-hydrogen) atoms. The van der Waals surface area contributed by atoms with Crippen LogP contribution in [0.15, 0.2) is 0 Å². The molecule has 2 unspecified atom stereocenters. The van der Waals surface area contributed by atoms with Crippen LogP contribution in [0.4, 0.5) is 0 Å². The molecule has 0 aliphatic rings. The van der Waals surface area contributed by atoms with Gasteiger partial charge in [0, 0.05) is 12.1 Å². The van der Waals surface area contributed by atoms with Gasteiger partial charge in [0.25, 0.3) is 0 Å². The molecule has 104 valence electrons. The summed E-state index contributed by atoms with van der Waals surface area (Å²) in [5.41, 5.74) is 5.72. The summed E-state index contributed by atoms with van der Waals surface area (Å²) >= 11 is 0. The molecule has 0 bridgehead atoms. The van der Waals surface area contributed by atoms with E-state index in [9.17, 15) is 0 Å². The number of hydrogen-bond acceptors (Lipinski definition) is 2. The maximum absolute atomic E-state index is 5.72. The van der Waals surface area contributed by atoms with Crippen LogP contribution in [0.5, 0.6) is 0 Å². The number of unbranched alkanes of at least 4 members (excludes halogenated alkanes) is 5. The summed E-state index contributed by atoms with van der Waals surface area (Å²) < 4.78 is 0. The molecular weight excluding hydrogens is 208 g/mol. The number of nitrogens with two attached hydrogens (primary N) is 1. The van der Waals surface area contributed by atoms with E-state index in [2.05, 4.69) is 26.1 Å². The van der Waals surface area contributed by atoms with Gasteiger partial charge in [-0.05, 0) is 39.7 Å². The summed E-state index contributed by atoms with van der Waals surface area (Å²) in [5.74, 6) is 0. The van der Waals surface area contributed by atoms with E-state index < -0.39 is 0 Å². The molecule has 0 aliphatic heterocycles. The Hall–Kier alpha value is -0.0800. The van der Waals surface area contributed by atoms with Gasteiger partial charge in [-0.15, -0.1) is 0 Å². The van der Waals surface area contributed by atoms with Crippen LogP contribution in [0.2, 0.25) is 0 Å². The van der Waals surface area contributed by atoms with Crippen LogP contribution in [0.1, 0.15) is 78.6 Å². The molecule has 0 saturated heterocycles. The van der Waals surface area contributed by atoms with E-state index in [1.54, 1.807) is 0 Å². The summed E-state index contributed by atoms with van der Waals surface area (Å²) in [6.45, 7) is 7.84. The molecule has 2 heteroatoms. The van der Waals surface area contributed by atoms with E-state index in [0.717, 1.165) is 0 Å². The second-order valence-corrected chi connectivity index (χ2v) is 5.53. The largest absolute Gasteiger partial charge is 0.328 e. The van der Waals surface area contributed by atoms with Crippen LogP contribution in [-0.4, -0.2) is 18.6 Å². The van der Waals surface area contributed by atoms with Crippen molar-refractivity contribution >= 4 is 0 Å². The van der Waals surface area contributed by atoms with Crippen molar-refractivity contribution in [3.63, 3.8) is 0 Å². The molecule has 0 amide bonds. The van der Waals surface area contributed by atoms with Gasteiger partial charge in [-0.25, -0.2) is 0 Å². The van der Waals surface area contributed by atoms with E-state index in [1.807, 2.05) is 0 Å². The quantitative estimate of drug-likeness (QED) is 0.510. The van der Waals surface area contributed by atoms with Gasteiger partial charge in [-0.1, -0.05) is 45.4 Å². The Kier molecular flexibility index (Phi) is 12.3. The third-order valence-corrected chi connectivity index (χ3v) is 3.30. The predicted octanol–water partition coefficient (Wildman–Crippen LogP) is 3.84. The normalized spacial score (nSPS) is 14.8. The molecule has 0 saturated carbocycles. The molecule has 0 spiro atoms. The fourth-order valence-corrected chi connectivity index (χ4v) is 2.18. The first-order valence-electron chi connectivity index (χ1n) is 7.65. The molecule has 0 aromatic rings. The molecule has 3 N–H and O–H groups in total. The van der Waals surface area contributed by atoms with Crippen LogP contribution in [0.25, 0.3) is 0 Å². The number of rotatable bonds is 12. The Balaban J connectivity index is 3.03. The lowest BCUT2D eigenvalue weighted by Crippen LogP contribution is -2.26. The van der Waals surface area contributed by atoms with Gasteiger partial charge < -0.3 is 11.1 Å². The lowest BCUT2D eigenvalue weighted by Gasteiger charge is -2.12. The van der Waals surface area contributed by atoms with Crippen molar-refractivity contribution in [3.05, 3.63) is 0 Å². The average Bonchev–Trinajstić information content (AvgIpc) is 2.27. The first kappa shape index (κ1) is 16.9. The van der Waals surface area contributed by atoms with Crippen molar-refractivity contribution in [2.24, 2.45) is 5.73 Å². The molecule has 0 radical (unpaired) electrons. The van der Waals surface area contributed by atoms with Crippen molar-refractivity contribution in [1.82, 2.24) is 5.32 Å². The summed E-state index contributed by atoms with van der Waals surface area (Å²) in [4.78, 5) is 0. The van der Waals surface area contributed by atoms with Crippen LogP contribution >= 0.6 is 0 Å². The molecule has 0 rings (SSSR count). The minimum atomic E-state index is 0.388. The van der Waals surface area contributed by atoms with Gasteiger partial charge in [0.05, 0.1) is 0 Å². The van der Waals surface area contributed by atoms with Gasteiger partial charge in [-0.3, -0.25) is 0 Å². The molecule has 0 fully saturated rings. The van der Waals surface area contributed by atoms with E-state index >= 15 is 0 Å². The van der Waals surface area contributed by atoms with Crippen molar-refractivity contribution in [3.8, 4) is 0 Å². The highest BCUT2D eigenvalue weighted by molar-refractivity contribution is 4.59. The van der Waals surface area contributed by atoms with Crippen molar-refractivity contribution in [2.45, 2.75) is 90.6 Å². The Morgan fingerprint density at radius 3 is 2.06 bits per heavy atom. The molecule has 0 aliphatic carbocycles. The maximum Gasteiger partial charge on any atom is 0.00386 e. The van der Waals surface area contributed by atoms with E-state index in [0.29, 0.717) is 12.1 Å². The number of hydrogen-bond donors (Lipinski definition) is 2. The lowest BCUT2D eigenvalue weighted by molar-refractivity contribution is 0.484. The van der Waals surface area contributed by atoms with Crippen LogP contribution < -0.4 is 11.1 Å². The molecule has 0 aromatic carbocycles. The molecule has 2 nitrogen and oxygen atoms in total. The predicted molar refractivity (Wildman–Crippen MR) is 78.3 cm³/mol. The summed E-state index contributed by atoms with van der Waals surface area (Å²) in [6, 6.07) is 1.09. The van der Waals surface area contributed by atoms with Gasteiger partial charge in [0.15, 0.2) is 0 Å². The number of nitrogens with one attached hydrogen (secondary N) is 1. The third-order valence-electron chi connectivity index (χ3n) is 3.30. The van der Waals surface area contributed by atoms with Crippen molar-refractivity contribution < 1.29 is 0 Å². The fourth-order valence-electron chi connectivity index (χ4n) is 2.18. The Labute approximate surface area is 109 Å². The standard InChI is InChI=1S/C15H34N2/c1-4-11-15(3)17-13-10-8-6-5-7-9-12-14(2)16/h14-15,17H,4-13,16H2,1-3H3. The van der Waals surface area contributed by atoms with E-state index in [1.165, 1.54) is 64.3 Å². The zero-order valence-electron chi connectivity index (χ0n) is 12.3. The second kappa shape index (κ2) is 12.4. The first-order chi connectivity index (χ1) is 8.16. The van der Waals surface area contributed by atoms with Crippen molar-refractivity contribution in [1.29, 1.82) is 0 Å². The Bertz CT molecular complexity index is 146. The smallest absolute Gasteiger partial charge is 0.00386 e. The molecule has 2 atom stereocenters. The highest BCUT2D eigenvalue weighted by Gasteiger charge is 1.98. The molecule has 0 aromatic heterocycles. The highest BCUT2D eigenvalue weighted by Crippen LogP contribution is 2.08. The van der Waals surface area contributed by atoms with Gasteiger partial charge in [0.2, 0.25) is 0 Å². The van der Waals surface area contributed by atoms with Crippen LogP contribution in [0, 0.1) is 0 Å². The molecule has 0 heterocycles. The zero-order chi connectivity index (χ0) is 12.9. The fraction of sp³-hybridized carbons (Fsp3) is 1.00. The molecular formula is C15H34N2. The van der Waals surface area contributed by atoms with Gasteiger partial charge >= 0.3 is 0 Å². The van der Waals surface area contributed by atoms with E-state index in [-0.39, 0.29) is 0 Å². The minimum Gasteiger partial charge on any atom is -0.328 e. The van der Waals surface area contributed by atoms with Crippen LogP contribution in [-0.2, 0) is 0 Å². The summed E-state index contributed by atoms with van der Waals surface area (Å²) in [5, 5.41) is 3.58. The first-order valence-corrected chi connectivity index (χ1v) is 7.65. The highest BCUT2D eigenvalue weighted by atomic mass is 14.9. The second-order valence-electron chi connectivity index (χ2n) is 5.53. The Morgan fingerprint density at radius 2 is 1.47 bits per heavy atom. The average molecular weight is 242 g/mol. The SMILES string of the molecule is CCCC(C)NCCCCCCCCC(C)N. The van der Waals surface area contributed by atoms with Crippen LogP contribution in [0.3, 0.4) is 0 Å². The zero-order valence-corrected chi connectivity index (χ0v) is 12.3. The third kappa shape index (κ3) is 13.9. The van der Waals surface area contributed by atoms with Crippen molar-refractivity contribution in [2.75, 3.05) is 6.54 Å². The summed E-state index contributed by atoms with van der Waals surface area (Å²) in [7, 11) is 0. The maximum atomic E-state index is 5.72. The summed E-state index contributed by atoms with van der Waals surface area (Å²) in [6.07, 6.45) is 11.9. The minimum absolute atomic E-state index is 0.388. The topological polar surface area (TPSA) is 38.0 Å². The van der Waals surface area contributed by atoms with Gasteiger partial charge in [-0.2, -0.15) is 0 Å².